The summed E-state index contributed by atoms with van der Waals surface area (Å²) >= 11 is 0. The molecule has 2 fully saturated rings. The number of fused-ring (bicyclic) bond motifs is 1. The molecule has 1 aromatic heterocycles. The molecule has 0 unspecified atom stereocenters. The van der Waals surface area contributed by atoms with Gasteiger partial charge < -0.3 is 10.2 Å². The van der Waals surface area contributed by atoms with Crippen LogP contribution in [0.1, 0.15) is 47.7 Å². The summed E-state index contributed by atoms with van der Waals surface area (Å²) < 4.78 is 1.93. The molecule has 2 aliphatic rings. The van der Waals surface area contributed by atoms with Crippen molar-refractivity contribution in [3.8, 4) is 0 Å². The smallest absolute Gasteiger partial charge is 0.274 e. The van der Waals surface area contributed by atoms with Crippen molar-refractivity contribution in [3.05, 3.63) is 53.3 Å². The molecule has 2 saturated heterocycles. The minimum absolute atomic E-state index is 0. The summed E-state index contributed by atoms with van der Waals surface area (Å²) in [5.74, 6) is 1.08. The van der Waals surface area contributed by atoms with Gasteiger partial charge in [0, 0.05) is 37.3 Å². The second-order valence-corrected chi connectivity index (χ2v) is 7.60. The molecular weight excluding hydrogens is 348 g/mol. The van der Waals surface area contributed by atoms with Crippen LogP contribution in [-0.4, -0.2) is 40.2 Å². The molecule has 0 radical (unpaired) electrons. The van der Waals surface area contributed by atoms with Crippen LogP contribution >= 0.6 is 12.4 Å². The van der Waals surface area contributed by atoms with E-state index in [-0.39, 0.29) is 30.4 Å². The lowest BCUT2D eigenvalue weighted by Crippen LogP contribution is -2.35. The Labute approximate surface area is 161 Å². The van der Waals surface area contributed by atoms with Crippen molar-refractivity contribution >= 4 is 18.3 Å². The molecule has 6 heteroatoms. The molecule has 3 heterocycles. The zero-order valence-corrected chi connectivity index (χ0v) is 16.4. The number of carbonyl (C=O) groups excluding carboxylic acids is 1. The molecule has 140 valence electrons. The van der Waals surface area contributed by atoms with Crippen LogP contribution in [0.5, 0.6) is 0 Å². The van der Waals surface area contributed by atoms with Crippen molar-refractivity contribution in [2.45, 2.75) is 32.9 Å². The third kappa shape index (κ3) is 3.14. The molecule has 3 atom stereocenters. The number of benzene rings is 1. The van der Waals surface area contributed by atoms with E-state index >= 15 is 0 Å². The first-order chi connectivity index (χ1) is 12.1. The van der Waals surface area contributed by atoms with Crippen LogP contribution in [0.15, 0.2) is 36.4 Å². The number of aromatic nitrogens is 2. The summed E-state index contributed by atoms with van der Waals surface area (Å²) in [5, 5.41) is 8.08. The average molecular weight is 375 g/mol. The molecule has 0 aliphatic carbocycles. The second kappa shape index (κ2) is 7.41. The van der Waals surface area contributed by atoms with Crippen LogP contribution in [0.25, 0.3) is 0 Å². The molecule has 5 nitrogen and oxygen atoms in total. The minimum atomic E-state index is 0. The van der Waals surface area contributed by atoms with Gasteiger partial charge in [-0.2, -0.15) is 5.10 Å². The van der Waals surface area contributed by atoms with Crippen LogP contribution < -0.4 is 5.32 Å². The van der Waals surface area contributed by atoms with Crippen molar-refractivity contribution in [1.29, 1.82) is 0 Å². The first-order valence-electron chi connectivity index (χ1n) is 9.19. The summed E-state index contributed by atoms with van der Waals surface area (Å²) in [6.45, 7) is 8.98. The van der Waals surface area contributed by atoms with Crippen molar-refractivity contribution in [2.24, 2.45) is 11.8 Å². The van der Waals surface area contributed by atoms with E-state index in [9.17, 15) is 4.79 Å². The summed E-state index contributed by atoms with van der Waals surface area (Å²) in [5.41, 5.74) is 2.84. The molecule has 0 bridgehead atoms. The summed E-state index contributed by atoms with van der Waals surface area (Å²) in [6, 6.07) is 12.8. The molecule has 1 aromatic carbocycles. The van der Waals surface area contributed by atoms with Gasteiger partial charge in [-0.25, -0.2) is 0 Å². The van der Waals surface area contributed by atoms with Crippen LogP contribution in [0.4, 0.5) is 0 Å². The lowest BCUT2D eigenvalue weighted by atomic mass is 9.89. The number of aryl methyl sites for hydroxylation is 1. The normalized spacial score (nSPS) is 24.6. The summed E-state index contributed by atoms with van der Waals surface area (Å²) in [4.78, 5) is 15.3. The highest BCUT2D eigenvalue weighted by atomic mass is 35.5. The number of hydrogen-bond donors (Lipinski definition) is 1. The highest BCUT2D eigenvalue weighted by Gasteiger charge is 2.47. The molecule has 0 saturated carbocycles. The number of rotatable bonds is 3. The Bertz CT molecular complexity index is 773. The van der Waals surface area contributed by atoms with Gasteiger partial charge in [0.05, 0.1) is 6.04 Å². The van der Waals surface area contributed by atoms with Gasteiger partial charge in [0.1, 0.15) is 0 Å². The molecule has 2 aliphatic heterocycles. The molecule has 26 heavy (non-hydrogen) atoms. The van der Waals surface area contributed by atoms with Crippen LogP contribution in [0.2, 0.25) is 0 Å². The number of amides is 1. The van der Waals surface area contributed by atoms with E-state index in [1.165, 1.54) is 5.56 Å². The number of halogens is 1. The number of hydrogen-bond acceptors (Lipinski definition) is 3. The Morgan fingerprint density at radius 3 is 2.62 bits per heavy atom. The van der Waals surface area contributed by atoms with Gasteiger partial charge in [-0.15, -0.1) is 12.4 Å². The maximum absolute atomic E-state index is 13.3. The minimum Gasteiger partial charge on any atom is -0.330 e. The molecule has 1 N–H and O–H groups in total. The van der Waals surface area contributed by atoms with Crippen molar-refractivity contribution in [2.75, 3.05) is 19.6 Å². The Kier molecular flexibility index (Phi) is 5.39. The van der Waals surface area contributed by atoms with E-state index < -0.39 is 0 Å². The quantitative estimate of drug-likeness (QED) is 0.897. The average Bonchev–Trinajstić information content (AvgIpc) is 3.28. The molecular formula is C20H27ClN4O. The standard InChI is InChI=1S/C20H26N4O.ClH/c1-13(2)24-14(3)9-18(22-24)20(25)23-12-16-10-21-11-17(16)19(23)15-7-5-4-6-8-15;/h4-9,13,16-17,19,21H,10-12H2,1-3H3;1H/t16-,17-,19+;/m0./s1. The van der Waals surface area contributed by atoms with Crippen molar-refractivity contribution in [1.82, 2.24) is 20.0 Å². The number of likely N-dealkylation sites (tertiary alicyclic amines) is 1. The third-order valence-corrected chi connectivity index (χ3v) is 5.60. The molecule has 1 amide bonds. The maximum Gasteiger partial charge on any atom is 0.274 e. The fraction of sp³-hybridized carbons (Fsp3) is 0.500. The Morgan fingerprint density at radius 1 is 1.23 bits per heavy atom. The predicted octanol–water partition coefficient (Wildman–Crippen LogP) is 3.23. The zero-order chi connectivity index (χ0) is 17.6. The summed E-state index contributed by atoms with van der Waals surface area (Å²) in [6.07, 6.45) is 0. The summed E-state index contributed by atoms with van der Waals surface area (Å²) in [7, 11) is 0. The van der Waals surface area contributed by atoms with Crippen LogP contribution in [-0.2, 0) is 0 Å². The fourth-order valence-electron chi connectivity index (χ4n) is 4.47. The van der Waals surface area contributed by atoms with E-state index in [0.29, 0.717) is 17.5 Å². The van der Waals surface area contributed by atoms with Gasteiger partial charge in [0.25, 0.3) is 5.91 Å². The Balaban J connectivity index is 0.00000196. The number of carbonyl (C=O) groups is 1. The van der Waals surface area contributed by atoms with Gasteiger partial charge in [-0.1, -0.05) is 30.3 Å². The van der Waals surface area contributed by atoms with Crippen molar-refractivity contribution < 1.29 is 4.79 Å². The van der Waals surface area contributed by atoms with Gasteiger partial charge in [0.15, 0.2) is 5.69 Å². The molecule has 0 spiro atoms. The highest BCUT2D eigenvalue weighted by Crippen LogP contribution is 2.43. The van der Waals surface area contributed by atoms with Crippen LogP contribution in [0, 0.1) is 18.8 Å². The molecule has 4 rings (SSSR count). The predicted molar refractivity (Wildman–Crippen MR) is 105 cm³/mol. The van der Waals surface area contributed by atoms with Gasteiger partial charge in [-0.3, -0.25) is 9.48 Å². The van der Waals surface area contributed by atoms with E-state index in [1.54, 1.807) is 0 Å². The fourth-order valence-corrected chi connectivity index (χ4v) is 4.47. The topological polar surface area (TPSA) is 50.2 Å². The second-order valence-electron chi connectivity index (χ2n) is 7.60. The highest BCUT2D eigenvalue weighted by molar-refractivity contribution is 5.93. The zero-order valence-electron chi connectivity index (χ0n) is 15.6. The first-order valence-corrected chi connectivity index (χ1v) is 9.19. The monoisotopic (exact) mass is 374 g/mol. The van der Waals surface area contributed by atoms with E-state index in [4.69, 9.17) is 0 Å². The van der Waals surface area contributed by atoms with Crippen molar-refractivity contribution in [3.63, 3.8) is 0 Å². The SMILES string of the molecule is Cc1cc(C(=O)N2C[C@@H]3CNC[C@@H]3[C@H]2c2ccccc2)nn1C(C)C.Cl. The third-order valence-electron chi connectivity index (χ3n) is 5.60. The maximum atomic E-state index is 13.3. The lowest BCUT2D eigenvalue weighted by Gasteiger charge is -2.28. The van der Waals surface area contributed by atoms with Gasteiger partial charge >= 0.3 is 0 Å². The lowest BCUT2D eigenvalue weighted by molar-refractivity contribution is 0.0707. The van der Waals surface area contributed by atoms with E-state index in [2.05, 4.69) is 53.4 Å². The number of nitrogens with one attached hydrogen (secondary N) is 1. The largest absolute Gasteiger partial charge is 0.330 e. The number of nitrogens with zero attached hydrogens (tertiary/aromatic N) is 3. The van der Waals surface area contributed by atoms with Gasteiger partial charge in [0.2, 0.25) is 0 Å². The van der Waals surface area contributed by atoms with E-state index in [1.807, 2.05) is 23.7 Å². The first kappa shape index (κ1) is 18.9. The van der Waals surface area contributed by atoms with Crippen LogP contribution in [0.3, 0.4) is 0 Å². The Hall–Kier alpha value is -1.85. The van der Waals surface area contributed by atoms with Gasteiger partial charge in [-0.05, 0) is 38.3 Å². The Morgan fingerprint density at radius 2 is 1.96 bits per heavy atom. The van der Waals surface area contributed by atoms with E-state index in [0.717, 1.165) is 25.3 Å². The molecule has 2 aromatic rings.